The summed E-state index contributed by atoms with van der Waals surface area (Å²) < 4.78 is 0. The number of pyridine rings is 2. The molecule has 25 heavy (non-hydrogen) atoms. The van der Waals surface area contributed by atoms with E-state index in [-0.39, 0.29) is 17.5 Å². The van der Waals surface area contributed by atoms with Gasteiger partial charge in [-0.2, -0.15) is 0 Å². The molecule has 1 aliphatic rings. The summed E-state index contributed by atoms with van der Waals surface area (Å²) >= 11 is 0. The molecule has 2 amide bonds. The van der Waals surface area contributed by atoms with Crippen LogP contribution in [0, 0.1) is 5.92 Å². The van der Waals surface area contributed by atoms with Crippen LogP contribution < -0.4 is 5.32 Å². The minimum absolute atomic E-state index is 0.103. The summed E-state index contributed by atoms with van der Waals surface area (Å²) in [5, 5.41) is 2.80. The number of aromatic nitrogens is 2. The Morgan fingerprint density at radius 1 is 1.16 bits per heavy atom. The van der Waals surface area contributed by atoms with Crippen molar-refractivity contribution in [1.82, 2.24) is 20.2 Å². The Morgan fingerprint density at radius 2 is 1.92 bits per heavy atom. The highest BCUT2D eigenvalue weighted by Gasteiger charge is 2.22. The molecule has 0 unspecified atom stereocenters. The summed E-state index contributed by atoms with van der Waals surface area (Å²) in [5.41, 5.74) is 1.48. The second-order valence-corrected chi connectivity index (χ2v) is 6.43. The average molecular weight is 338 g/mol. The van der Waals surface area contributed by atoms with Crippen molar-refractivity contribution in [3.63, 3.8) is 0 Å². The number of piperidine rings is 1. The molecule has 0 aromatic carbocycles. The van der Waals surface area contributed by atoms with Crippen LogP contribution in [0.1, 0.15) is 46.3 Å². The molecule has 6 heteroatoms. The highest BCUT2D eigenvalue weighted by molar-refractivity contribution is 5.96. The fourth-order valence-electron chi connectivity index (χ4n) is 2.83. The summed E-state index contributed by atoms with van der Waals surface area (Å²) in [4.78, 5) is 35.0. The molecular weight excluding hydrogens is 316 g/mol. The Balaban J connectivity index is 1.64. The van der Waals surface area contributed by atoms with E-state index in [0.717, 1.165) is 31.5 Å². The fourth-order valence-corrected chi connectivity index (χ4v) is 2.83. The fraction of sp³-hybridized carbons (Fsp3) is 0.368. The normalized spacial score (nSPS) is 15.0. The molecule has 0 bridgehead atoms. The van der Waals surface area contributed by atoms with E-state index in [9.17, 15) is 9.59 Å². The van der Waals surface area contributed by atoms with Crippen molar-refractivity contribution in [2.24, 2.45) is 5.92 Å². The highest BCUT2D eigenvalue weighted by Crippen LogP contribution is 2.17. The van der Waals surface area contributed by atoms with Gasteiger partial charge < -0.3 is 10.2 Å². The molecule has 0 spiro atoms. The smallest absolute Gasteiger partial charge is 0.272 e. The Kier molecular flexibility index (Phi) is 5.38. The van der Waals surface area contributed by atoms with Gasteiger partial charge in [0, 0.05) is 32.0 Å². The minimum atomic E-state index is -0.300. The van der Waals surface area contributed by atoms with Gasteiger partial charge in [0.25, 0.3) is 11.8 Å². The van der Waals surface area contributed by atoms with Crippen LogP contribution in [0.5, 0.6) is 0 Å². The number of nitrogens with zero attached hydrogens (tertiary/aromatic N) is 3. The Bertz CT molecular complexity index is 740. The van der Waals surface area contributed by atoms with E-state index < -0.39 is 0 Å². The number of carbonyl (C=O) groups is 2. The number of rotatable bonds is 4. The van der Waals surface area contributed by atoms with Crippen LogP contribution in [-0.2, 0) is 6.54 Å². The van der Waals surface area contributed by atoms with Crippen molar-refractivity contribution in [2.45, 2.75) is 26.3 Å². The van der Waals surface area contributed by atoms with Crippen molar-refractivity contribution < 1.29 is 9.59 Å². The summed E-state index contributed by atoms with van der Waals surface area (Å²) in [6, 6.07) is 8.69. The third-order valence-corrected chi connectivity index (χ3v) is 4.45. The van der Waals surface area contributed by atoms with E-state index in [4.69, 9.17) is 0 Å². The number of amides is 2. The van der Waals surface area contributed by atoms with Gasteiger partial charge in [-0.25, -0.2) is 4.98 Å². The summed E-state index contributed by atoms with van der Waals surface area (Å²) in [5.74, 6) is 0.251. The highest BCUT2D eigenvalue weighted by atomic mass is 16.2. The van der Waals surface area contributed by atoms with Crippen molar-refractivity contribution in [1.29, 1.82) is 0 Å². The first-order valence-corrected chi connectivity index (χ1v) is 8.57. The van der Waals surface area contributed by atoms with Crippen LogP contribution in [0.15, 0.2) is 42.7 Å². The lowest BCUT2D eigenvalue weighted by Crippen LogP contribution is -2.38. The molecule has 1 N–H and O–H groups in total. The predicted molar refractivity (Wildman–Crippen MR) is 93.9 cm³/mol. The number of hydrogen-bond acceptors (Lipinski definition) is 4. The summed E-state index contributed by atoms with van der Waals surface area (Å²) in [6.07, 6.45) is 5.41. The molecule has 1 aliphatic heterocycles. The quantitative estimate of drug-likeness (QED) is 0.928. The third kappa shape index (κ3) is 4.41. The first-order chi connectivity index (χ1) is 12.1. The monoisotopic (exact) mass is 338 g/mol. The molecule has 1 fully saturated rings. The van der Waals surface area contributed by atoms with Crippen molar-refractivity contribution in [3.8, 4) is 0 Å². The SMILES string of the molecule is CC1CCN(C(=O)c2cccc(C(=O)NCc3cccnc3)n2)CC1. The number of hydrogen-bond donors (Lipinski definition) is 1. The van der Waals surface area contributed by atoms with Crippen LogP contribution in [0.25, 0.3) is 0 Å². The van der Waals surface area contributed by atoms with E-state index in [1.165, 1.54) is 0 Å². The largest absolute Gasteiger partial charge is 0.347 e. The first kappa shape index (κ1) is 17.1. The maximum Gasteiger partial charge on any atom is 0.272 e. The Morgan fingerprint density at radius 3 is 2.64 bits per heavy atom. The molecule has 2 aromatic heterocycles. The molecule has 0 radical (unpaired) electrons. The van der Waals surface area contributed by atoms with Gasteiger partial charge in [0.05, 0.1) is 0 Å². The van der Waals surface area contributed by atoms with E-state index in [1.807, 2.05) is 17.0 Å². The van der Waals surface area contributed by atoms with E-state index in [0.29, 0.717) is 18.2 Å². The van der Waals surface area contributed by atoms with Gasteiger partial charge >= 0.3 is 0 Å². The summed E-state index contributed by atoms with van der Waals surface area (Å²) in [7, 11) is 0. The van der Waals surface area contributed by atoms with Gasteiger partial charge in [-0.15, -0.1) is 0 Å². The lowest BCUT2D eigenvalue weighted by molar-refractivity contribution is 0.0691. The minimum Gasteiger partial charge on any atom is -0.347 e. The zero-order valence-electron chi connectivity index (χ0n) is 14.3. The van der Waals surface area contributed by atoms with Gasteiger partial charge in [-0.1, -0.05) is 19.1 Å². The number of carbonyl (C=O) groups excluding carboxylic acids is 2. The average Bonchev–Trinajstić information content (AvgIpc) is 2.67. The van der Waals surface area contributed by atoms with Gasteiger partial charge in [0.2, 0.25) is 0 Å². The second-order valence-electron chi connectivity index (χ2n) is 6.43. The number of nitrogens with one attached hydrogen (secondary N) is 1. The van der Waals surface area contributed by atoms with Gasteiger partial charge in [-0.3, -0.25) is 14.6 Å². The molecular formula is C19H22N4O2. The van der Waals surface area contributed by atoms with Crippen molar-refractivity contribution in [3.05, 3.63) is 59.7 Å². The lowest BCUT2D eigenvalue weighted by Gasteiger charge is -2.30. The molecule has 0 saturated carbocycles. The molecule has 3 rings (SSSR count). The maximum absolute atomic E-state index is 12.6. The molecule has 6 nitrogen and oxygen atoms in total. The van der Waals surface area contributed by atoms with E-state index >= 15 is 0 Å². The van der Waals surface area contributed by atoms with Crippen LogP contribution in [0.2, 0.25) is 0 Å². The zero-order valence-corrected chi connectivity index (χ0v) is 14.3. The van der Waals surface area contributed by atoms with E-state index in [1.54, 1.807) is 30.6 Å². The Labute approximate surface area is 147 Å². The standard InChI is InChI=1S/C19H22N4O2/c1-14-7-10-23(11-8-14)19(25)17-6-2-5-16(22-17)18(24)21-13-15-4-3-9-20-12-15/h2-6,9,12,14H,7-8,10-11,13H2,1H3,(H,21,24). The third-order valence-electron chi connectivity index (χ3n) is 4.45. The van der Waals surface area contributed by atoms with Gasteiger partial charge in [-0.05, 0) is 42.5 Å². The van der Waals surface area contributed by atoms with Crippen LogP contribution in [-0.4, -0.2) is 39.8 Å². The molecule has 3 heterocycles. The molecule has 0 atom stereocenters. The topological polar surface area (TPSA) is 75.2 Å². The summed E-state index contributed by atoms with van der Waals surface area (Å²) in [6.45, 7) is 4.07. The lowest BCUT2D eigenvalue weighted by atomic mass is 9.99. The van der Waals surface area contributed by atoms with Crippen LogP contribution in [0.4, 0.5) is 0 Å². The molecule has 2 aromatic rings. The zero-order chi connectivity index (χ0) is 17.6. The molecule has 130 valence electrons. The van der Waals surface area contributed by atoms with Crippen molar-refractivity contribution in [2.75, 3.05) is 13.1 Å². The van der Waals surface area contributed by atoms with Gasteiger partial charge in [0.1, 0.15) is 11.4 Å². The number of likely N-dealkylation sites (tertiary alicyclic amines) is 1. The first-order valence-electron chi connectivity index (χ1n) is 8.57. The second kappa shape index (κ2) is 7.88. The van der Waals surface area contributed by atoms with Gasteiger partial charge in [0.15, 0.2) is 0 Å². The Hall–Kier alpha value is -2.76. The van der Waals surface area contributed by atoms with E-state index in [2.05, 4.69) is 22.2 Å². The van der Waals surface area contributed by atoms with Crippen molar-refractivity contribution >= 4 is 11.8 Å². The molecule has 1 saturated heterocycles. The molecule has 0 aliphatic carbocycles. The van der Waals surface area contributed by atoms with Crippen LogP contribution in [0.3, 0.4) is 0 Å². The van der Waals surface area contributed by atoms with Crippen LogP contribution >= 0.6 is 0 Å². The maximum atomic E-state index is 12.6. The predicted octanol–water partition coefficient (Wildman–Crippen LogP) is 2.28.